The highest BCUT2D eigenvalue weighted by Gasteiger charge is 2.21. The van der Waals surface area contributed by atoms with Crippen molar-refractivity contribution in [1.82, 2.24) is 0 Å². The van der Waals surface area contributed by atoms with E-state index in [1.54, 1.807) is 0 Å². The Morgan fingerprint density at radius 2 is 2.00 bits per heavy atom. The molecule has 0 heterocycles. The van der Waals surface area contributed by atoms with Crippen LogP contribution in [-0.2, 0) is 9.53 Å². The minimum Gasteiger partial charge on any atom is -0.468 e. The topological polar surface area (TPSA) is 38.3 Å². The van der Waals surface area contributed by atoms with Gasteiger partial charge in [-0.1, -0.05) is 41.9 Å². The first-order valence-corrected chi connectivity index (χ1v) is 6.81. The number of carbonyl (C=O) groups excluding carboxylic acids is 1. The van der Waals surface area contributed by atoms with Crippen molar-refractivity contribution in [3.63, 3.8) is 0 Å². The zero-order chi connectivity index (χ0) is 15.2. The number of carbonyl (C=O) groups is 1. The van der Waals surface area contributed by atoms with Gasteiger partial charge in [-0.15, -0.1) is 0 Å². The summed E-state index contributed by atoms with van der Waals surface area (Å²) in [5, 5.41) is 3.33. The predicted octanol–water partition coefficient (Wildman–Crippen LogP) is 3.85. The van der Waals surface area contributed by atoms with Crippen molar-refractivity contribution < 1.29 is 13.9 Å². The van der Waals surface area contributed by atoms with Crippen molar-refractivity contribution in [2.75, 3.05) is 19.0 Å². The standard InChI is InChI=1S/C16H15ClFNO2/c1-21-16(20)13(11-5-3-2-4-6-11)10-19-15-9-12(17)7-8-14(15)18/h2-9,13,19H,10H2,1H3. The number of hydrogen-bond donors (Lipinski definition) is 1. The summed E-state index contributed by atoms with van der Waals surface area (Å²) in [6.07, 6.45) is 0. The molecule has 1 unspecified atom stereocenters. The van der Waals surface area contributed by atoms with Crippen molar-refractivity contribution >= 4 is 23.3 Å². The molecule has 21 heavy (non-hydrogen) atoms. The first-order chi connectivity index (χ1) is 10.1. The van der Waals surface area contributed by atoms with E-state index in [2.05, 4.69) is 5.32 Å². The molecule has 0 bridgehead atoms. The summed E-state index contributed by atoms with van der Waals surface area (Å²) in [5.74, 6) is -1.32. The number of esters is 1. The van der Waals surface area contributed by atoms with E-state index >= 15 is 0 Å². The van der Waals surface area contributed by atoms with Crippen LogP contribution in [0.3, 0.4) is 0 Å². The molecule has 0 aliphatic carbocycles. The Morgan fingerprint density at radius 3 is 2.67 bits per heavy atom. The molecule has 0 saturated heterocycles. The molecule has 110 valence electrons. The van der Waals surface area contributed by atoms with Crippen LogP contribution < -0.4 is 5.32 Å². The van der Waals surface area contributed by atoms with Crippen LogP contribution in [0.5, 0.6) is 0 Å². The molecule has 0 saturated carbocycles. The minimum atomic E-state index is -0.519. The Hall–Kier alpha value is -2.07. The van der Waals surface area contributed by atoms with Gasteiger partial charge in [-0.2, -0.15) is 0 Å². The number of rotatable bonds is 5. The lowest BCUT2D eigenvalue weighted by Crippen LogP contribution is -2.22. The molecule has 0 aromatic heterocycles. The van der Waals surface area contributed by atoms with Crippen LogP contribution in [0.25, 0.3) is 0 Å². The third kappa shape index (κ3) is 3.95. The number of hydrogen-bond acceptors (Lipinski definition) is 3. The second-order valence-electron chi connectivity index (χ2n) is 4.49. The zero-order valence-corrected chi connectivity index (χ0v) is 12.2. The van der Waals surface area contributed by atoms with Gasteiger partial charge in [0, 0.05) is 11.6 Å². The first kappa shape index (κ1) is 15.3. The van der Waals surface area contributed by atoms with Gasteiger partial charge in [0.2, 0.25) is 0 Å². The summed E-state index contributed by atoms with van der Waals surface area (Å²) in [6.45, 7) is 0.216. The van der Waals surface area contributed by atoms with Crippen molar-refractivity contribution in [2.45, 2.75) is 5.92 Å². The summed E-state index contributed by atoms with van der Waals surface area (Å²) >= 11 is 5.84. The van der Waals surface area contributed by atoms with Gasteiger partial charge in [0.1, 0.15) is 5.82 Å². The largest absolute Gasteiger partial charge is 0.468 e. The van der Waals surface area contributed by atoms with Gasteiger partial charge in [0.15, 0.2) is 0 Å². The normalized spacial score (nSPS) is 11.8. The lowest BCUT2D eigenvalue weighted by atomic mass is 9.99. The number of anilines is 1. The molecule has 3 nitrogen and oxygen atoms in total. The van der Waals surface area contributed by atoms with E-state index in [1.165, 1.54) is 25.3 Å². The number of benzene rings is 2. The highest BCUT2D eigenvalue weighted by atomic mass is 35.5. The summed E-state index contributed by atoms with van der Waals surface area (Å²) in [6, 6.07) is 13.4. The van der Waals surface area contributed by atoms with Crippen LogP contribution in [0.4, 0.5) is 10.1 Å². The highest BCUT2D eigenvalue weighted by molar-refractivity contribution is 6.30. The third-order valence-corrected chi connectivity index (χ3v) is 3.35. The van der Waals surface area contributed by atoms with Crippen LogP contribution in [0.1, 0.15) is 11.5 Å². The Labute approximate surface area is 127 Å². The third-order valence-electron chi connectivity index (χ3n) is 3.11. The van der Waals surface area contributed by atoms with E-state index in [1.807, 2.05) is 30.3 Å². The highest BCUT2D eigenvalue weighted by Crippen LogP contribution is 2.22. The number of nitrogens with one attached hydrogen (secondary N) is 1. The monoisotopic (exact) mass is 307 g/mol. The lowest BCUT2D eigenvalue weighted by molar-refractivity contribution is -0.142. The number of halogens is 2. The first-order valence-electron chi connectivity index (χ1n) is 6.43. The molecule has 2 aromatic carbocycles. The smallest absolute Gasteiger partial charge is 0.314 e. The maximum Gasteiger partial charge on any atom is 0.314 e. The van der Waals surface area contributed by atoms with Gasteiger partial charge in [-0.25, -0.2) is 4.39 Å². The van der Waals surface area contributed by atoms with Gasteiger partial charge in [-0.05, 0) is 23.8 Å². The Kier molecular flexibility index (Phi) is 5.17. The quantitative estimate of drug-likeness (QED) is 0.853. The predicted molar refractivity (Wildman–Crippen MR) is 81.1 cm³/mol. The fourth-order valence-corrected chi connectivity index (χ4v) is 2.18. The number of ether oxygens (including phenoxy) is 1. The molecule has 0 amide bonds. The molecule has 0 spiro atoms. The minimum absolute atomic E-state index is 0.216. The molecule has 0 aliphatic heterocycles. The van der Waals surface area contributed by atoms with Gasteiger partial charge >= 0.3 is 5.97 Å². The second kappa shape index (κ2) is 7.09. The van der Waals surface area contributed by atoms with E-state index in [9.17, 15) is 9.18 Å². The summed E-state index contributed by atoms with van der Waals surface area (Å²) in [7, 11) is 1.33. The molecule has 1 atom stereocenters. The SMILES string of the molecule is COC(=O)C(CNc1cc(Cl)ccc1F)c1ccccc1. The molecule has 2 rings (SSSR count). The van der Waals surface area contributed by atoms with E-state index in [0.717, 1.165) is 5.56 Å². The molecule has 5 heteroatoms. The van der Waals surface area contributed by atoms with E-state index in [4.69, 9.17) is 16.3 Å². The molecular formula is C16H15ClFNO2. The average Bonchev–Trinajstić information content (AvgIpc) is 2.51. The van der Waals surface area contributed by atoms with E-state index in [-0.39, 0.29) is 18.2 Å². The Morgan fingerprint density at radius 1 is 1.29 bits per heavy atom. The van der Waals surface area contributed by atoms with Crippen LogP contribution in [0, 0.1) is 5.82 Å². The van der Waals surface area contributed by atoms with Crippen molar-refractivity contribution in [1.29, 1.82) is 0 Å². The van der Waals surface area contributed by atoms with Crippen LogP contribution in [0.2, 0.25) is 5.02 Å². The maximum atomic E-state index is 13.7. The second-order valence-corrected chi connectivity index (χ2v) is 4.93. The van der Waals surface area contributed by atoms with Crippen LogP contribution in [-0.4, -0.2) is 19.6 Å². The molecule has 1 N–H and O–H groups in total. The van der Waals surface area contributed by atoms with Crippen LogP contribution >= 0.6 is 11.6 Å². The Bertz CT molecular complexity index is 619. The van der Waals surface area contributed by atoms with E-state index < -0.39 is 11.7 Å². The fraction of sp³-hybridized carbons (Fsp3) is 0.188. The van der Waals surface area contributed by atoms with Gasteiger partial charge in [0.05, 0.1) is 18.7 Å². The zero-order valence-electron chi connectivity index (χ0n) is 11.5. The van der Waals surface area contributed by atoms with Crippen molar-refractivity contribution in [3.05, 3.63) is 64.9 Å². The summed E-state index contributed by atoms with van der Waals surface area (Å²) < 4.78 is 18.5. The molecule has 0 radical (unpaired) electrons. The van der Waals surface area contributed by atoms with Crippen LogP contribution in [0.15, 0.2) is 48.5 Å². The molecule has 0 fully saturated rings. The molecule has 2 aromatic rings. The molecular weight excluding hydrogens is 293 g/mol. The number of methoxy groups -OCH3 is 1. The summed E-state index contributed by atoms with van der Waals surface area (Å²) in [4.78, 5) is 11.9. The Balaban J connectivity index is 2.16. The van der Waals surface area contributed by atoms with Crippen molar-refractivity contribution in [2.24, 2.45) is 0 Å². The van der Waals surface area contributed by atoms with E-state index in [0.29, 0.717) is 5.02 Å². The van der Waals surface area contributed by atoms with Crippen molar-refractivity contribution in [3.8, 4) is 0 Å². The summed E-state index contributed by atoms with van der Waals surface area (Å²) in [5.41, 5.74) is 1.06. The molecule has 0 aliphatic rings. The average molecular weight is 308 g/mol. The lowest BCUT2D eigenvalue weighted by Gasteiger charge is -2.17. The van der Waals surface area contributed by atoms with Gasteiger partial charge in [-0.3, -0.25) is 4.79 Å². The van der Waals surface area contributed by atoms with Gasteiger partial charge in [0.25, 0.3) is 0 Å². The van der Waals surface area contributed by atoms with Gasteiger partial charge < -0.3 is 10.1 Å². The maximum absolute atomic E-state index is 13.7. The fourth-order valence-electron chi connectivity index (χ4n) is 2.01.